The van der Waals surface area contributed by atoms with Crippen molar-refractivity contribution in [1.29, 1.82) is 0 Å². The van der Waals surface area contributed by atoms with E-state index in [0.29, 0.717) is 12.8 Å². The Morgan fingerprint density at radius 1 is 1.28 bits per heavy atom. The van der Waals surface area contributed by atoms with Crippen LogP contribution in [-0.4, -0.2) is 23.7 Å². The molecule has 0 radical (unpaired) electrons. The first-order chi connectivity index (χ1) is 8.53. The van der Waals surface area contributed by atoms with E-state index in [1.807, 2.05) is 6.92 Å². The lowest BCUT2D eigenvalue weighted by molar-refractivity contribution is -0.158. The molecular formula is C14H22O4. The van der Waals surface area contributed by atoms with Crippen LogP contribution in [0.1, 0.15) is 26.7 Å². The molecule has 0 rings (SSSR count). The number of rotatable bonds is 9. The molecule has 0 aromatic rings. The van der Waals surface area contributed by atoms with E-state index in [0.717, 1.165) is 0 Å². The van der Waals surface area contributed by atoms with Gasteiger partial charge in [0, 0.05) is 0 Å². The van der Waals surface area contributed by atoms with Crippen molar-refractivity contribution in [1.82, 2.24) is 0 Å². The molecule has 0 saturated heterocycles. The van der Waals surface area contributed by atoms with Crippen molar-refractivity contribution < 1.29 is 19.4 Å². The molecule has 1 N–H and O–H groups in total. The van der Waals surface area contributed by atoms with Gasteiger partial charge in [-0.2, -0.15) is 0 Å². The van der Waals surface area contributed by atoms with Crippen LogP contribution in [0.4, 0.5) is 0 Å². The number of carboxylic acid groups (broad SMARTS) is 1. The summed E-state index contributed by atoms with van der Waals surface area (Å²) < 4.78 is 4.96. The van der Waals surface area contributed by atoms with Gasteiger partial charge in [-0.3, -0.25) is 9.59 Å². The second kappa shape index (κ2) is 8.50. The highest BCUT2D eigenvalue weighted by Crippen LogP contribution is 2.28. The number of hydrogen-bond donors (Lipinski definition) is 1. The number of carboxylic acids is 1. The molecule has 3 unspecified atom stereocenters. The van der Waals surface area contributed by atoms with Crippen molar-refractivity contribution >= 4 is 11.9 Å². The highest BCUT2D eigenvalue weighted by atomic mass is 16.5. The van der Waals surface area contributed by atoms with Crippen molar-refractivity contribution in [3.05, 3.63) is 25.3 Å². The molecule has 4 heteroatoms. The first kappa shape index (κ1) is 16.4. The van der Waals surface area contributed by atoms with Crippen LogP contribution in [0.25, 0.3) is 0 Å². The van der Waals surface area contributed by atoms with E-state index >= 15 is 0 Å². The van der Waals surface area contributed by atoms with Crippen LogP contribution < -0.4 is 0 Å². The Labute approximate surface area is 108 Å². The quantitative estimate of drug-likeness (QED) is 0.507. The van der Waals surface area contributed by atoms with Crippen LogP contribution in [0.15, 0.2) is 25.3 Å². The summed E-state index contributed by atoms with van der Waals surface area (Å²) in [5.41, 5.74) is 0. The Hall–Kier alpha value is -1.58. The Morgan fingerprint density at radius 2 is 1.89 bits per heavy atom. The third kappa shape index (κ3) is 4.35. The van der Waals surface area contributed by atoms with Gasteiger partial charge in [-0.05, 0) is 18.8 Å². The number of esters is 1. The van der Waals surface area contributed by atoms with Gasteiger partial charge in [-0.25, -0.2) is 0 Å². The second-order valence-electron chi connectivity index (χ2n) is 4.11. The summed E-state index contributed by atoms with van der Waals surface area (Å²) in [7, 11) is 0. The zero-order valence-electron chi connectivity index (χ0n) is 11.1. The molecule has 0 spiro atoms. The van der Waals surface area contributed by atoms with Crippen molar-refractivity contribution in [3.8, 4) is 0 Å². The molecule has 0 aromatic carbocycles. The van der Waals surface area contributed by atoms with Gasteiger partial charge in [-0.15, -0.1) is 6.58 Å². The third-order valence-electron chi connectivity index (χ3n) is 3.04. The van der Waals surface area contributed by atoms with Crippen LogP contribution in [0.2, 0.25) is 0 Å². The molecule has 0 aliphatic heterocycles. The summed E-state index contributed by atoms with van der Waals surface area (Å²) in [6, 6.07) is 0. The molecule has 18 heavy (non-hydrogen) atoms. The van der Waals surface area contributed by atoms with Crippen LogP contribution in [0.5, 0.6) is 0 Å². The molecule has 0 bridgehead atoms. The Bertz CT molecular complexity index is 309. The minimum atomic E-state index is -0.982. The highest BCUT2D eigenvalue weighted by molar-refractivity contribution is 5.81. The van der Waals surface area contributed by atoms with Gasteiger partial charge in [0.1, 0.15) is 6.61 Å². The third-order valence-corrected chi connectivity index (χ3v) is 3.04. The van der Waals surface area contributed by atoms with E-state index in [1.54, 1.807) is 13.0 Å². The topological polar surface area (TPSA) is 63.6 Å². The lowest BCUT2D eigenvalue weighted by Crippen LogP contribution is -2.35. The van der Waals surface area contributed by atoms with Crippen molar-refractivity contribution in [2.45, 2.75) is 26.7 Å². The molecule has 0 heterocycles. The maximum Gasteiger partial charge on any atom is 0.310 e. The van der Waals surface area contributed by atoms with E-state index < -0.39 is 23.8 Å². The van der Waals surface area contributed by atoms with Gasteiger partial charge in [0.15, 0.2) is 0 Å². The van der Waals surface area contributed by atoms with E-state index in [1.165, 1.54) is 6.08 Å². The summed E-state index contributed by atoms with van der Waals surface area (Å²) in [5.74, 6) is -3.13. The molecule has 4 nitrogen and oxygen atoms in total. The van der Waals surface area contributed by atoms with Crippen LogP contribution in [0, 0.1) is 17.8 Å². The van der Waals surface area contributed by atoms with Crippen LogP contribution >= 0.6 is 0 Å². The van der Waals surface area contributed by atoms with Crippen LogP contribution in [-0.2, 0) is 14.3 Å². The first-order valence-corrected chi connectivity index (χ1v) is 6.16. The Kier molecular flexibility index (Phi) is 7.76. The molecule has 0 aliphatic rings. The number of carbonyl (C=O) groups is 2. The fourth-order valence-corrected chi connectivity index (χ4v) is 2.04. The van der Waals surface area contributed by atoms with E-state index in [9.17, 15) is 14.7 Å². The summed E-state index contributed by atoms with van der Waals surface area (Å²) in [6.45, 7) is 10.9. The van der Waals surface area contributed by atoms with Gasteiger partial charge >= 0.3 is 11.9 Å². The fourth-order valence-electron chi connectivity index (χ4n) is 2.04. The lowest BCUT2D eigenvalue weighted by Gasteiger charge is -2.26. The predicted molar refractivity (Wildman–Crippen MR) is 70.0 cm³/mol. The van der Waals surface area contributed by atoms with Gasteiger partial charge in [0.05, 0.1) is 11.8 Å². The molecule has 3 atom stereocenters. The van der Waals surface area contributed by atoms with E-state index in [2.05, 4.69) is 13.2 Å². The molecular weight excluding hydrogens is 232 g/mol. The van der Waals surface area contributed by atoms with Gasteiger partial charge in [0.25, 0.3) is 0 Å². The standard InChI is InChI=1S/C14H22O4/c1-5-9-18-14(17)11(8-4)12(13(15)16)10(6-2)7-3/h5-6,10-12H,1-2,7-9H2,3-4H3,(H,15,16). The summed E-state index contributed by atoms with van der Waals surface area (Å²) in [5, 5.41) is 9.31. The first-order valence-electron chi connectivity index (χ1n) is 6.16. The zero-order valence-corrected chi connectivity index (χ0v) is 11.1. The van der Waals surface area contributed by atoms with Gasteiger partial charge in [0.2, 0.25) is 0 Å². The molecule has 0 saturated carbocycles. The lowest BCUT2D eigenvalue weighted by atomic mass is 9.79. The monoisotopic (exact) mass is 254 g/mol. The average molecular weight is 254 g/mol. The molecule has 0 aliphatic carbocycles. The minimum Gasteiger partial charge on any atom is -0.481 e. The number of hydrogen-bond acceptors (Lipinski definition) is 3. The molecule has 102 valence electrons. The second-order valence-corrected chi connectivity index (χ2v) is 4.11. The summed E-state index contributed by atoms with van der Waals surface area (Å²) in [4.78, 5) is 23.2. The number of allylic oxidation sites excluding steroid dienone is 1. The number of ether oxygens (including phenoxy) is 1. The van der Waals surface area contributed by atoms with Crippen molar-refractivity contribution in [2.24, 2.45) is 17.8 Å². The highest BCUT2D eigenvalue weighted by Gasteiger charge is 2.37. The van der Waals surface area contributed by atoms with Crippen LogP contribution in [0.3, 0.4) is 0 Å². The van der Waals surface area contributed by atoms with Crippen molar-refractivity contribution in [2.75, 3.05) is 6.61 Å². The number of aliphatic carboxylic acids is 1. The van der Waals surface area contributed by atoms with E-state index in [-0.39, 0.29) is 12.5 Å². The Balaban J connectivity index is 5.03. The number of carbonyl (C=O) groups excluding carboxylic acids is 1. The maximum atomic E-state index is 11.8. The van der Waals surface area contributed by atoms with Gasteiger partial charge in [-0.1, -0.05) is 32.6 Å². The normalized spacial score (nSPS) is 15.2. The van der Waals surface area contributed by atoms with Gasteiger partial charge < -0.3 is 9.84 Å². The van der Waals surface area contributed by atoms with Crippen molar-refractivity contribution in [3.63, 3.8) is 0 Å². The predicted octanol–water partition coefficient (Wildman–Crippen LogP) is 2.65. The zero-order chi connectivity index (χ0) is 14.1. The minimum absolute atomic E-state index is 0.104. The molecule has 0 amide bonds. The maximum absolute atomic E-state index is 11.8. The Morgan fingerprint density at radius 3 is 2.22 bits per heavy atom. The molecule has 0 aromatic heterocycles. The summed E-state index contributed by atoms with van der Waals surface area (Å²) in [6.07, 6.45) is 4.12. The SMILES string of the molecule is C=CCOC(=O)C(CC)C(C(=O)O)C(C=C)CC. The van der Waals surface area contributed by atoms with E-state index in [4.69, 9.17) is 4.74 Å². The summed E-state index contributed by atoms with van der Waals surface area (Å²) >= 11 is 0. The smallest absolute Gasteiger partial charge is 0.310 e. The fraction of sp³-hybridized carbons (Fsp3) is 0.571. The largest absolute Gasteiger partial charge is 0.481 e. The molecule has 0 fully saturated rings. The average Bonchev–Trinajstić information content (AvgIpc) is 2.36.